The predicted octanol–water partition coefficient (Wildman–Crippen LogP) is 3.85. The number of nitrogens with one attached hydrogen (secondary N) is 2. The van der Waals surface area contributed by atoms with Crippen LogP contribution in [-0.2, 0) is 0 Å². The van der Waals surface area contributed by atoms with Crippen molar-refractivity contribution in [2.45, 2.75) is 0 Å². The second kappa shape index (κ2) is 7.87. The van der Waals surface area contributed by atoms with Crippen LogP contribution in [0.2, 0.25) is 0 Å². The Balaban J connectivity index is 1.95. The van der Waals surface area contributed by atoms with Gasteiger partial charge in [-0.2, -0.15) is 0 Å². The van der Waals surface area contributed by atoms with E-state index in [9.17, 15) is 22.8 Å². The number of anilines is 1. The molecule has 0 bridgehead atoms. The number of pyridine rings is 1. The van der Waals surface area contributed by atoms with Gasteiger partial charge in [-0.05, 0) is 24.3 Å². The first-order valence-corrected chi connectivity index (χ1v) is 7.88. The Hall–Kier alpha value is -3.75. The summed E-state index contributed by atoms with van der Waals surface area (Å²) in [5.74, 6) is -4.56. The third-order valence-electron chi connectivity index (χ3n) is 3.65. The highest BCUT2D eigenvalue weighted by Crippen LogP contribution is 2.31. The minimum absolute atomic E-state index is 0.0371. The molecular weight excluding hydrogens is 377 g/mol. The first-order valence-electron chi connectivity index (χ1n) is 7.88. The number of ether oxygens (including phenoxy) is 2. The molecule has 0 spiro atoms. The number of H-pyrrole nitrogens is 1. The van der Waals surface area contributed by atoms with Crippen molar-refractivity contribution in [3.63, 3.8) is 0 Å². The Bertz CT molecular complexity index is 1100. The van der Waals surface area contributed by atoms with E-state index >= 15 is 0 Å². The lowest BCUT2D eigenvalue weighted by Crippen LogP contribution is -2.15. The SMILES string of the molecule is COc1ccc(Oc2cc(F)c(F)cc2C(=O)Nc2cc[nH]c(=O)c2)cc1F. The minimum Gasteiger partial charge on any atom is -0.494 e. The van der Waals surface area contributed by atoms with Crippen molar-refractivity contribution in [3.05, 3.63) is 82.0 Å². The Morgan fingerprint density at radius 1 is 0.964 bits per heavy atom. The molecule has 2 aromatic carbocycles. The van der Waals surface area contributed by atoms with Gasteiger partial charge in [0, 0.05) is 30.1 Å². The fraction of sp³-hybridized carbons (Fsp3) is 0.0526. The monoisotopic (exact) mass is 390 g/mol. The Morgan fingerprint density at radius 3 is 2.39 bits per heavy atom. The topological polar surface area (TPSA) is 80.4 Å². The van der Waals surface area contributed by atoms with Crippen molar-refractivity contribution < 1.29 is 27.4 Å². The maximum Gasteiger partial charge on any atom is 0.259 e. The smallest absolute Gasteiger partial charge is 0.259 e. The number of benzene rings is 2. The maximum atomic E-state index is 13.8. The summed E-state index contributed by atoms with van der Waals surface area (Å²) in [6, 6.07) is 7.41. The van der Waals surface area contributed by atoms with Gasteiger partial charge in [-0.1, -0.05) is 0 Å². The van der Waals surface area contributed by atoms with Crippen LogP contribution in [-0.4, -0.2) is 18.0 Å². The van der Waals surface area contributed by atoms with E-state index in [0.717, 1.165) is 12.1 Å². The number of amides is 1. The summed E-state index contributed by atoms with van der Waals surface area (Å²) in [5, 5.41) is 2.38. The molecular formula is C19H13F3N2O4. The van der Waals surface area contributed by atoms with Crippen molar-refractivity contribution >= 4 is 11.6 Å². The van der Waals surface area contributed by atoms with Crippen molar-refractivity contribution in [2.75, 3.05) is 12.4 Å². The first-order chi connectivity index (χ1) is 13.4. The summed E-state index contributed by atoms with van der Waals surface area (Å²) in [6.07, 6.45) is 1.31. The van der Waals surface area contributed by atoms with E-state index in [1.54, 1.807) is 0 Å². The zero-order valence-corrected chi connectivity index (χ0v) is 14.4. The van der Waals surface area contributed by atoms with Gasteiger partial charge < -0.3 is 19.8 Å². The third kappa shape index (κ3) is 4.14. The minimum atomic E-state index is -1.27. The van der Waals surface area contributed by atoms with Crippen LogP contribution in [0.3, 0.4) is 0 Å². The second-order valence-corrected chi connectivity index (χ2v) is 5.56. The highest BCUT2D eigenvalue weighted by atomic mass is 19.2. The van der Waals surface area contributed by atoms with E-state index in [-0.39, 0.29) is 28.5 Å². The molecule has 1 aromatic heterocycles. The molecule has 1 amide bonds. The van der Waals surface area contributed by atoms with Gasteiger partial charge in [0.15, 0.2) is 23.2 Å². The molecule has 0 saturated heterocycles. The van der Waals surface area contributed by atoms with Crippen LogP contribution < -0.4 is 20.3 Å². The number of hydrogen-bond acceptors (Lipinski definition) is 4. The normalized spacial score (nSPS) is 10.4. The number of aromatic amines is 1. The van der Waals surface area contributed by atoms with Gasteiger partial charge in [0.25, 0.3) is 5.91 Å². The van der Waals surface area contributed by atoms with Gasteiger partial charge in [0.2, 0.25) is 5.56 Å². The van der Waals surface area contributed by atoms with Gasteiger partial charge in [-0.3, -0.25) is 9.59 Å². The summed E-state index contributed by atoms with van der Waals surface area (Å²) >= 11 is 0. The van der Waals surface area contributed by atoms with E-state index in [4.69, 9.17) is 9.47 Å². The standard InChI is InChI=1S/C19H13F3N2O4/c1-27-16-3-2-11(7-15(16)22)28-17-9-14(21)13(20)8-12(17)19(26)24-10-4-5-23-18(25)6-10/h2-9H,1H3,(H2,23,24,25,26). The molecule has 0 radical (unpaired) electrons. The first kappa shape index (κ1) is 19.0. The van der Waals surface area contributed by atoms with E-state index in [0.29, 0.717) is 12.1 Å². The molecule has 0 aliphatic carbocycles. The largest absolute Gasteiger partial charge is 0.494 e. The molecule has 0 saturated carbocycles. The van der Waals surface area contributed by atoms with Gasteiger partial charge >= 0.3 is 0 Å². The second-order valence-electron chi connectivity index (χ2n) is 5.56. The highest BCUT2D eigenvalue weighted by molar-refractivity contribution is 6.06. The van der Waals surface area contributed by atoms with Crippen molar-refractivity contribution in [1.29, 1.82) is 0 Å². The van der Waals surface area contributed by atoms with Crippen LogP contribution >= 0.6 is 0 Å². The van der Waals surface area contributed by atoms with Crippen LogP contribution in [0, 0.1) is 17.5 Å². The molecule has 0 fully saturated rings. The summed E-state index contributed by atoms with van der Waals surface area (Å²) in [6.45, 7) is 0. The number of carbonyl (C=O) groups is 1. The van der Waals surface area contributed by atoms with Crippen molar-refractivity contribution in [1.82, 2.24) is 4.98 Å². The molecule has 28 heavy (non-hydrogen) atoms. The zero-order valence-electron chi connectivity index (χ0n) is 14.4. The lowest BCUT2D eigenvalue weighted by Gasteiger charge is -2.13. The van der Waals surface area contributed by atoms with Crippen LogP contribution in [0.1, 0.15) is 10.4 Å². The number of hydrogen-bond donors (Lipinski definition) is 2. The van der Waals surface area contributed by atoms with Crippen LogP contribution in [0.15, 0.2) is 53.5 Å². The quantitative estimate of drug-likeness (QED) is 0.694. The van der Waals surface area contributed by atoms with Crippen LogP contribution in [0.5, 0.6) is 17.2 Å². The lowest BCUT2D eigenvalue weighted by atomic mass is 10.1. The Kier molecular flexibility index (Phi) is 5.35. The summed E-state index contributed by atoms with van der Waals surface area (Å²) in [5.41, 5.74) is -0.677. The van der Waals surface area contributed by atoms with Gasteiger partial charge in [0.05, 0.1) is 12.7 Å². The number of methoxy groups -OCH3 is 1. The fourth-order valence-corrected chi connectivity index (χ4v) is 2.35. The average Bonchev–Trinajstić information content (AvgIpc) is 2.64. The summed E-state index contributed by atoms with van der Waals surface area (Å²) in [7, 11) is 1.28. The van der Waals surface area contributed by atoms with Crippen LogP contribution in [0.25, 0.3) is 0 Å². The van der Waals surface area contributed by atoms with Gasteiger partial charge in [-0.25, -0.2) is 13.2 Å². The molecule has 6 nitrogen and oxygen atoms in total. The fourth-order valence-electron chi connectivity index (χ4n) is 2.35. The molecule has 2 N–H and O–H groups in total. The van der Waals surface area contributed by atoms with E-state index in [1.165, 1.54) is 31.5 Å². The molecule has 1 heterocycles. The summed E-state index contributed by atoms with van der Waals surface area (Å²) < 4.78 is 51.4. The molecule has 0 unspecified atom stereocenters. The molecule has 0 aliphatic heterocycles. The molecule has 0 aliphatic rings. The van der Waals surface area contributed by atoms with Crippen molar-refractivity contribution in [3.8, 4) is 17.2 Å². The molecule has 3 aromatic rings. The van der Waals surface area contributed by atoms with Crippen LogP contribution in [0.4, 0.5) is 18.9 Å². The van der Waals surface area contributed by atoms with Gasteiger partial charge in [-0.15, -0.1) is 0 Å². The van der Waals surface area contributed by atoms with Gasteiger partial charge in [0.1, 0.15) is 11.5 Å². The molecule has 144 valence electrons. The van der Waals surface area contributed by atoms with E-state index in [2.05, 4.69) is 10.3 Å². The predicted molar refractivity (Wildman–Crippen MR) is 94.4 cm³/mol. The number of aromatic nitrogens is 1. The maximum absolute atomic E-state index is 13.8. The Morgan fingerprint density at radius 2 is 1.71 bits per heavy atom. The van der Waals surface area contributed by atoms with E-state index in [1.807, 2.05) is 0 Å². The average molecular weight is 390 g/mol. The van der Waals surface area contributed by atoms with E-state index < -0.39 is 28.9 Å². The zero-order chi connectivity index (χ0) is 20.3. The highest BCUT2D eigenvalue weighted by Gasteiger charge is 2.19. The summed E-state index contributed by atoms with van der Waals surface area (Å²) in [4.78, 5) is 26.2. The number of rotatable bonds is 5. The lowest BCUT2D eigenvalue weighted by molar-refractivity contribution is 0.102. The molecule has 3 rings (SSSR count). The third-order valence-corrected chi connectivity index (χ3v) is 3.65. The Labute approximate surface area is 156 Å². The number of halogens is 3. The molecule has 9 heteroatoms. The number of carbonyl (C=O) groups excluding carboxylic acids is 1. The van der Waals surface area contributed by atoms with Crippen molar-refractivity contribution in [2.24, 2.45) is 0 Å². The molecule has 0 atom stereocenters.